The van der Waals surface area contributed by atoms with Crippen molar-refractivity contribution in [2.24, 2.45) is 11.7 Å². The lowest BCUT2D eigenvalue weighted by atomic mass is 9.93. The zero-order valence-corrected chi connectivity index (χ0v) is 10.2. The number of nitrogens with zero attached hydrogens (tertiary/aromatic N) is 1. The highest BCUT2D eigenvalue weighted by Crippen LogP contribution is 2.53. The number of primary amides is 1. The maximum Gasteiger partial charge on any atom is 0.238 e. The molecule has 3 rings (SSSR count). The van der Waals surface area contributed by atoms with Crippen molar-refractivity contribution in [3.63, 3.8) is 0 Å². The van der Waals surface area contributed by atoms with Gasteiger partial charge >= 0.3 is 0 Å². The van der Waals surface area contributed by atoms with E-state index in [2.05, 4.69) is 10.3 Å². The monoisotopic (exact) mass is 255 g/mol. The fourth-order valence-corrected chi connectivity index (χ4v) is 2.63. The molecule has 3 N–H and O–H groups in total. The van der Waals surface area contributed by atoms with Crippen LogP contribution in [0.4, 0.5) is 0 Å². The summed E-state index contributed by atoms with van der Waals surface area (Å²) in [5.41, 5.74) is 5.39. The van der Waals surface area contributed by atoms with E-state index < -0.39 is 17.2 Å². The largest absolute Gasteiger partial charge is 0.387 e. The van der Waals surface area contributed by atoms with Crippen molar-refractivity contribution in [3.8, 4) is 0 Å². The Morgan fingerprint density at radius 2 is 2.32 bits per heavy atom. The maximum atomic E-state index is 12.2. The van der Waals surface area contributed by atoms with Gasteiger partial charge in [-0.15, -0.1) is 0 Å². The summed E-state index contributed by atoms with van der Waals surface area (Å²) in [5, 5.41) is 3.03. The van der Waals surface area contributed by atoms with Gasteiger partial charge in [-0.1, -0.05) is 18.2 Å². The fourth-order valence-electron chi connectivity index (χ4n) is 2.63. The van der Waals surface area contributed by atoms with E-state index >= 15 is 0 Å². The summed E-state index contributed by atoms with van der Waals surface area (Å²) in [6, 6.07) is 5.16. The van der Waals surface area contributed by atoms with Crippen LogP contribution >= 0.6 is 0 Å². The van der Waals surface area contributed by atoms with Crippen LogP contribution in [-0.4, -0.2) is 23.2 Å². The molecule has 5 heteroatoms. The van der Waals surface area contributed by atoms with Crippen LogP contribution in [0.15, 0.2) is 48.3 Å². The van der Waals surface area contributed by atoms with Crippen LogP contribution in [0.5, 0.6) is 0 Å². The Kier molecular flexibility index (Phi) is 2.48. The second-order valence-corrected chi connectivity index (χ2v) is 4.64. The number of hydrogen-bond donors (Lipinski definition) is 2. The van der Waals surface area contributed by atoms with E-state index in [1.807, 2.05) is 12.2 Å². The van der Waals surface area contributed by atoms with E-state index in [1.165, 1.54) is 0 Å². The molecule has 5 nitrogen and oxygen atoms in total. The van der Waals surface area contributed by atoms with E-state index in [0.29, 0.717) is 5.69 Å². The normalized spacial score (nSPS) is 28.5. The number of aromatic nitrogens is 1. The summed E-state index contributed by atoms with van der Waals surface area (Å²) < 4.78 is 0. The van der Waals surface area contributed by atoms with E-state index in [4.69, 9.17) is 5.73 Å². The smallest absolute Gasteiger partial charge is 0.238 e. The molecule has 0 saturated heterocycles. The number of nitrogens with one attached hydrogen (secondary N) is 1. The highest BCUT2D eigenvalue weighted by molar-refractivity contribution is 6.27. The Hall–Kier alpha value is -2.43. The zero-order chi connectivity index (χ0) is 13.5. The fraction of sp³-hybridized carbons (Fsp3) is 0.214. The van der Waals surface area contributed by atoms with Crippen molar-refractivity contribution in [1.29, 1.82) is 0 Å². The number of dihydropyridines is 1. The molecule has 2 atom stereocenters. The van der Waals surface area contributed by atoms with E-state index in [9.17, 15) is 9.59 Å². The van der Waals surface area contributed by atoms with Gasteiger partial charge in [-0.2, -0.15) is 0 Å². The molecule has 1 aliphatic heterocycles. The molecule has 19 heavy (non-hydrogen) atoms. The first-order valence-electron chi connectivity index (χ1n) is 6.04. The Morgan fingerprint density at radius 1 is 1.47 bits per heavy atom. The van der Waals surface area contributed by atoms with Crippen LogP contribution in [0, 0.1) is 5.92 Å². The summed E-state index contributed by atoms with van der Waals surface area (Å²) >= 11 is 0. The summed E-state index contributed by atoms with van der Waals surface area (Å²) in [7, 11) is 0. The van der Waals surface area contributed by atoms with Crippen molar-refractivity contribution in [3.05, 3.63) is 54.0 Å². The summed E-state index contributed by atoms with van der Waals surface area (Å²) in [4.78, 5) is 28.2. The van der Waals surface area contributed by atoms with Gasteiger partial charge in [0.1, 0.15) is 0 Å². The van der Waals surface area contributed by atoms with Crippen LogP contribution in [0.1, 0.15) is 5.69 Å². The highest BCUT2D eigenvalue weighted by atomic mass is 16.2. The van der Waals surface area contributed by atoms with Crippen molar-refractivity contribution in [2.45, 2.75) is 5.41 Å². The van der Waals surface area contributed by atoms with Crippen molar-refractivity contribution in [2.75, 3.05) is 6.54 Å². The Bertz CT molecular complexity index is 606. The first kappa shape index (κ1) is 11.6. The Balaban J connectivity index is 2.05. The molecule has 1 aromatic heterocycles. The van der Waals surface area contributed by atoms with Crippen molar-refractivity contribution >= 4 is 11.7 Å². The van der Waals surface area contributed by atoms with Crippen LogP contribution in [0.2, 0.25) is 0 Å². The number of allylic oxidation sites excluding steroid dienone is 2. The number of pyridine rings is 1. The molecule has 0 radical (unpaired) electrons. The van der Waals surface area contributed by atoms with Gasteiger partial charge in [0.15, 0.2) is 11.2 Å². The minimum Gasteiger partial charge on any atom is -0.387 e. The van der Waals surface area contributed by atoms with E-state index in [0.717, 1.165) is 12.1 Å². The quantitative estimate of drug-likeness (QED) is 0.747. The van der Waals surface area contributed by atoms with Gasteiger partial charge in [-0.05, 0) is 17.7 Å². The number of amides is 1. The first-order valence-corrected chi connectivity index (χ1v) is 6.04. The molecule has 0 spiro atoms. The minimum atomic E-state index is -1.30. The van der Waals surface area contributed by atoms with Crippen LogP contribution in [-0.2, 0) is 15.0 Å². The SMILES string of the molecule is NC(=O)C1(c2ccccn2)C(=O)C1C1=CNCC=C1. The number of carbonyl (C=O) groups excluding carboxylic acids is 2. The molecule has 1 saturated carbocycles. The molecule has 2 aliphatic rings. The summed E-state index contributed by atoms with van der Waals surface area (Å²) in [6.45, 7) is 0.720. The Morgan fingerprint density at radius 3 is 2.89 bits per heavy atom. The number of hydrogen-bond acceptors (Lipinski definition) is 4. The van der Waals surface area contributed by atoms with E-state index in [-0.39, 0.29) is 5.78 Å². The number of ketones is 1. The molecule has 1 aliphatic carbocycles. The molecule has 2 heterocycles. The number of carbonyl (C=O) groups is 2. The van der Waals surface area contributed by atoms with Crippen LogP contribution < -0.4 is 11.1 Å². The number of Topliss-reactive ketones (excluding diaryl/α,β-unsaturated/α-hetero) is 1. The molecule has 96 valence electrons. The zero-order valence-electron chi connectivity index (χ0n) is 10.2. The third kappa shape index (κ3) is 1.51. The number of rotatable bonds is 3. The summed E-state index contributed by atoms with van der Waals surface area (Å²) in [6.07, 6.45) is 7.08. The molecular formula is C14H13N3O2. The molecule has 0 aromatic carbocycles. The predicted octanol–water partition coefficient (Wildman–Crippen LogP) is 0.0469. The first-order chi connectivity index (χ1) is 9.19. The van der Waals surface area contributed by atoms with Crippen LogP contribution in [0.3, 0.4) is 0 Å². The third-order valence-corrected chi connectivity index (χ3v) is 3.61. The van der Waals surface area contributed by atoms with Gasteiger partial charge in [0, 0.05) is 18.9 Å². The van der Waals surface area contributed by atoms with Gasteiger partial charge in [0.25, 0.3) is 0 Å². The third-order valence-electron chi connectivity index (χ3n) is 3.61. The topological polar surface area (TPSA) is 85.1 Å². The second kappa shape index (κ2) is 4.05. The Labute approximate surface area is 110 Å². The molecule has 2 unspecified atom stereocenters. The summed E-state index contributed by atoms with van der Waals surface area (Å²) in [5.74, 6) is -1.34. The van der Waals surface area contributed by atoms with Crippen LogP contribution in [0.25, 0.3) is 0 Å². The standard InChI is InChI=1S/C14H13N3O2/c15-13(19)14(10-5-1-2-7-17-10)11(12(14)18)9-4-3-6-16-8-9/h1-5,7-8,11,16H,6H2,(H2,15,19). The second-order valence-electron chi connectivity index (χ2n) is 4.64. The lowest BCUT2D eigenvalue weighted by molar-refractivity contribution is -0.123. The molecule has 1 fully saturated rings. The lowest BCUT2D eigenvalue weighted by Crippen LogP contribution is -2.33. The average molecular weight is 255 g/mol. The van der Waals surface area contributed by atoms with E-state index in [1.54, 1.807) is 30.6 Å². The molecule has 0 bridgehead atoms. The van der Waals surface area contributed by atoms with Crippen molar-refractivity contribution < 1.29 is 9.59 Å². The number of nitrogens with two attached hydrogens (primary N) is 1. The van der Waals surface area contributed by atoms with Gasteiger partial charge in [0.05, 0.1) is 11.6 Å². The van der Waals surface area contributed by atoms with Gasteiger partial charge < -0.3 is 11.1 Å². The molecule has 1 amide bonds. The average Bonchev–Trinajstić information content (AvgIpc) is 3.08. The molecular weight excluding hydrogens is 242 g/mol. The van der Waals surface area contributed by atoms with Gasteiger partial charge in [-0.25, -0.2) is 0 Å². The molecule has 1 aromatic rings. The highest BCUT2D eigenvalue weighted by Gasteiger charge is 2.72. The van der Waals surface area contributed by atoms with Gasteiger partial charge in [-0.3, -0.25) is 14.6 Å². The lowest BCUT2D eigenvalue weighted by Gasteiger charge is -2.12. The van der Waals surface area contributed by atoms with Crippen molar-refractivity contribution in [1.82, 2.24) is 10.3 Å². The maximum absolute atomic E-state index is 12.2. The predicted molar refractivity (Wildman–Crippen MR) is 68.8 cm³/mol. The minimum absolute atomic E-state index is 0.182. The van der Waals surface area contributed by atoms with Gasteiger partial charge in [0.2, 0.25) is 5.91 Å².